The molecule has 1 amide bonds. The van der Waals surface area contributed by atoms with Crippen molar-refractivity contribution >= 4 is 11.7 Å². The summed E-state index contributed by atoms with van der Waals surface area (Å²) in [7, 11) is 1.74. The maximum absolute atomic E-state index is 11.9. The highest BCUT2D eigenvalue weighted by Gasteiger charge is 2.25. The van der Waals surface area contributed by atoms with Crippen LogP contribution in [0, 0.1) is 0 Å². The summed E-state index contributed by atoms with van der Waals surface area (Å²) in [4.78, 5) is 13.5. The van der Waals surface area contributed by atoms with Crippen molar-refractivity contribution in [1.29, 1.82) is 0 Å². The van der Waals surface area contributed by atoms with E-state index in [1.54, 1.807) is 11.9 Å². The zero-order chi connectivity index (χ0) is 10.9. The molecule has 0 aliphatic carbocycles. The van der Waals surface area contributed by atoms with Gasteiger partial charge in [0.25, 0.3) is 5.91 Å². The molecular formula is C9H16N4O. The Morgan fingerprint density at radius 3 is 2.50 bits per heavy atom. The molecule has 1 aromatic rings. The molecule has 0 aliphatic heterocycles. The highest BCUT2D eigenvalue weighted by atomic mass is 16.2. The largest absolute Gasteiger partial charge is 0.383 e. The Balaban J connectivity index is 2.92. The number of amides is 1. The molecule has 5 heteroatoms. The van der Waals surface area contributed by atoms with E-state index >= 15 is 0 Å². The number of hydrogen-bond acceptors (Lipinski definition) is 3. The molecule has 0 atom stereocenters. The minimum absolute atomic E-state index is 0.122. The van der Waals surface area contributed by atoms with Gasteiger partial charge in [0.1, 0.15) is 11.4 Å². The number of nitrogen functional groups attached to an aromatic ring is 1. The average molecular weight is 196 g/mol. The minimum atomic E-state index is -0.221. The van der Waals surface area contributed by atoms with E-state index in [-0.39, 0.29) is 11.4 Å². The number of aromatic amines is 1. The molecule has 0 fully saturated rings. The van der Waals surface area contributed by atoms with Crippen LogP contribution in [0.3, 0.4) is 0 Å². The number of nitrogens with two attached hydrogens (primary N) is 1. The Bertz CT molecular complexity index is 337. The maximum atomic E-state index is 11.9. The second-order valence-corrected chi connectivity index (χ2v) is 4.23. The molecule has 0 radical (unpaired) electrons. The quantitative estimate of drug-likeness (QED) is 0.699. The lowest BCUT2D eigenvalue weighted by molar-refractivity contribution is 0.0657. The summed E-state index contributed by atoms with van der Waals surface area (Å²) in [5.74, 6) is 0.190. The van der Waals surface area contributed by atoms with Gasteiger partial charge < -0.3 is 10.6 Å². The van der Waals surface area contributed by atoms with E-state index in [2.05, 4.69) is 10.2 Å². The van der Waals surface area contributed by atoms with E-state index in [0.29, 0.717) is 11.4 Å². The van der Waals surface area contributed by atoms with Gasteiger partial charge in [0, 0.05) is 12.6 Å². The number of anilines is 1. The maximum Gasteiger partial charge on any atom is 0.259 e. The lowest BCUT2D eigenvalue weighted by Crippen LogP contribution is -2.42. The van der Waals surface area contributed by atoms with Gasteiger partial charge in [0.15, 0.2) is 0 Å². The lowest BCUT2D eigenvalue weighted by Gasteiger charge is -2.31. The third-order valence-corrected chi connectivity index (χ3v) is 2.21. The van der Waals surface area contributed by atoms with E-state index in [9.17, 15) is 4.79 Å². The van der Waals surface area contributed by atoms with Crippen LogP contribution in [0.5, 0.6) is 0 Å². The number of H-pyrrole nitrogens is 1. The first kappa shape index (κ1) is 10.6. The molecule has 1 heterocycles. The van der Waals surface area contributed by atoms with Crippen molar-refractivity contribution in [2.45, 2.75) is 26.3 Å². The first-order valence-electron chi connectivity index (χ1n) is 4.41. The first-order chi connectivity index (χ1) is 6.34. The lowest BCUT2D eigenvalue weighted by atomic mass is 10.1. The van der Waals surface area contributed by atoms with Crippen LogP contribution in [0.15, 0.2) is 6.20 Å². The standard InChI is InChI=1S/C9H16N4O/c1-9(2,3)13(4)8(14)6-5-11-12-7(6)10/h5H,1-4H3,(H3,10,11,12). The summed E-state index contributed by atoms with van der Waals surface area (Å²) in [5, 5.41) is 6.25. The summed E-state index contributed by atoms with van der Waals surface area (Å²) >= 11 is 0. The van der Waals surface area contributed by atoms with Gasteiger partial charge in [-0.1, -0.05) is 0 Å². The van der Waals surface area contributed by atoms with Crippen LogP contribution in [0.2, 0.25) is 0 Å². The Morgan fingerprint density at radius 2 is 2.14 bits per heavy atom. The summed E-state index contributed by atoms with van der Waals surface area (Å²) in [6.07, 6.45) is 1.44. The van der Waals surface area contributed by atoms with Crippen molar-refractivity contribution in [2.75, 3.05) is 12.8 Å². The molecule has 0 aliphatic rings. The van der Waals surface area contributed by atoms with Gasteiger partial charge >= 0.3 is 0 Å². The second-order valence-electron chi connectivity index (χ2n) is 4.23. The molecule has 0 saturated heterocycles. The molecule has 1 aromatic heterocycles. The number of carbonyl (C=O) groups excluding carboxylic acids is 1. The Labute approximate surface area is 83.3 Å². The first-order valence-corrected chi connectivity index (χ1v) is 4.41. The third kappa shape index (κ3) is 1.86. The smallest absolute Gasteiger partial charge is 0.259 e. The highest BCUT2D eigenvalue weighted by molar-refractivity contribution is 5.98. The van der Waals surface area contributed by atoms with E-state index in [1.165, 1.54) is 6.20 Å². The second kappa shape index (κ2) is 3.32. The molecule has 14 heavy (non-hydrogen) atoms. The van der Waals surface area contributed by atoms with Crippen molar-refractivity contribution in [1.82, 2.24) is 15.1 Å². The molecule has 0 bridgehead atoms. The third-order valence-electron chi connectivity index (χ3n) is 2.21. The number of nitrogens with zero attached hydrogens (tertiary/aromatic N) is 2. The molecule has 5 nitrogen and oxygen atoms in total. The SMILES string of the molecule is CN(C(=O)c1cn[nH]c1N)C(C)(C)C. The van der Waals surface area contributed by atoms with Crippen molar-refractivity contribution in [3.63, 3.8) is 0 Å². The topological polar surface area (TPSA) is 75.0 Å². The monoisotopic (exact) mass is 196 g/mol. The van der Waals surface area contributed by atoms with Gasteiger partial charge in [-0.25, -0.2) is 0 Å². The number of hydrogen-bond donors (Lipinski definition) is 2. The zero-order valence-corrected chi connectivity index (χ0v) is 8.96. The van der Waals surface area contributed by atoms with Gasteiger partial charge in [-0.15, -0.1) is 0 Å². The van der Waals surface area contributed by atoms with Crippen molar-refractivity contribution in [2.24, 2.45) is 0 Å². The van der Waals surface area contributed by atoms with Crippen LogP contribution in [0.1, 0.15) is 31.1 Å². The molecular weight excluding hydrogens is 180 g/mol. The van der Waals surface area contributed by atoms with Gasteiger partial charge in [0.2, 0.25) is 0 Å². The number of nitrogens with one attached hydrogen (secondary N) is 1. The summed E-state index contributed by atoms with van der Waals surface area (Å²) in [6.45, 7) is 5.88. The van der Waals surface area contributed by atoms with Crippen molar-refractivity contribution in [3.8, 4) is 0 Å². The Kier molecular flexibility index (Phi) is 2.51. The normalized spacial score (nSPS) is 11.4. The fourth-order valence-electron chi connectivity index (χ4n) is 0.952. The van der Waals surface area contributed by atoms with E-state index in [0.717, 1.165) is 0 Å². The predicted molar refractivity (Wildman–Crippen MR) is 54.8 cm³/mol. The number of carbonyl (C=O) groups is 1. The Morgan fingerprint density at radius 1 is 1.57 bits per heavy atom. The van der Waals surface area contributed by atoms with Crippen LogP contribution in [-0.4, -0.2) is 33.6 Å². The fraction of sp³-hybridized carbons (Fsp3) is 0.556. The van der Waals surface area contributed by atoms with Crippen molar-refractivity contribution < 1.29 is 4.79 Å². The van der Waals surface area contributed by atoms with E-state index in [4.69, 9.17) is 5.73 Å². The van der Waals surface area contributed by atoms with Crippen LogP contribution in [0.4, 0.5) is 5.82 Å². The zero-order valence-electron chi connectivity index (χ0n) is 8.96. The van der Waals surface area contributed by atoms with Crippen molar-refractivity contribution in [3.05, 3.63) is 11.8 Å². The predicted octanol–water partition coefficient (Wildman–Crippen LogP) is 0.862. The molecule has 78 valence electrons. The van der Waals surface area contributed by atoms with Crippen LogP contribution in [-0.2, 0) is 0 Å². The number of rotatable bonds is 1. The number of aromatic nitrogens is 2. The van der Waals surface area contributed by atoms with Gasteiger partial charge in [0.05, 0.1) is 6.20 Å². The molecule has 0 aromatic carbocycles. The van der Waals surface area contributed by atoms with E-state index < -0.39 is 0 Å². The molecule has 3 N–H and O–H groups in total. The van der Waals surface area contributed by atoms with Crippen LogP contribution < -0.4 is 5.73 Å². The summed E-state index contributed by atoms with van der Waals surface area (Å²) in [5.41, 5.74) is 5.75. The van der Waals surface area contributed by atoms with Gasteiger partial charge in [-0.2, -0.15) is 5.10 Å². The van der Waals surface area contributed by atoms with Gasteiger partial charge in [-0.3, -0.25) is 9.89 Å². The fourth-order valence-corrected chi connectivity index (χ4v) is 0.952. The summed E-state index contributed by atoms with van der Waals surface area (Å²) < 4.78 is 0. The Hall–Kier alpha value is -1.52. The molecule has 1 rings (SSSR count). The molecule has 0 saturated carbocycles. The van der Waals surface area contributed by atoms with Crippen LogP contribution in [0.25, 0.3) is 0 Å². The molecule has 0 unspecified atom stereocenters. The highest BCUT2D eigenvalue weighted by Crippen LogP contribution is 2.16. The molecule has 0 spiro atoms. The average Bonchev–Trinajstić information content (AvgIpc) is 2.47. The summed E-state index contributed by atoms with van der Waals surface area (Å²) in [6, 6.07) is 0. The van der Waals surface area contributed by atoms with Crippen LogP contribution >= 0.6 is 0 Å². The van der Waals surface area contributed by atoms with Gasteiger partial charge in [-0.05, 0) is 20.8 Å². The van der Waals surface area contributed by atoms with E-state index in [1.807, 2.05) is 20.8 Å². The minimum Gasteiger partial charge on any atom is -0.383 e.